The maximum atomic E-state index is 13.8. The van der Waals surface area contributed by atoms with Gasteiger partial charge in [0.2, 0.25) is 0 Å². The zero-order valence-corrected chi connectivity index (χ0v) is 30.2. The van der Waals surface area contributed by atoms with Gasteiger partial charge in [0.15, 0.2) is 11.9 Å². The number of cyclic esters (lactones) is 1. The van der Waals surface area contributed by atoms with Crippen LogP contribution in [-0.2, 0) is 28.5 Å². The molecule has 15 nitrogen and oxygen atoms in total. The Balaban J connectivity index is 2.01. The Bertz CT molecular complexity index is 1130. The number of nitrogens with zero attached hydrogens (tertiary/aromatic N) is 4. The van der Waals surface area contributed by atoms with Gasteiger partial charge in [-0.05, 0) is 84.7 Å². The number of azide groups is 1. The minimum atomic E-state index is -1.24. The van der Waals surface area contributed by atoms with Crippen LogP contribution < -0.4 is 11.1 Å². The van der Waals surface area contributed by atoms with Crippen molar-refractivity contribution >= 4 is 12.1 Å². The van der Waals surface area contributed by atoms with E-state index in [2.05, 4.69) is 22.3 Å². The first kappa shape index (κ1) is 40.2. The van der Waals surface area contributed by atoms with Gasteiger partial charge in [-0.2, -0.15) is 0 Å². The van der Waals surface area contributed by atoms with Crippen molar-refractivity contribution < 1.29 is 43.5 Å². The van der Waals surface area contributed by atoms with Crippen molar-refractivity contribution in [2.75, 3.05) is 26.7 Å². The first-order valence-corrected chi connectivity index (χ1v) is 17.5. The van der Waals surface area contributed by atoms with Crippen LogP contribution in [0.25, 0.3) is 10.4 Å². The largest absolute Gasteiger partial charge is 0.458 e. The fourth-order valence-electron chi connectivity index (χ4n) is 7.87. The molecular formula is C33H60N6O9. The van der Waals surface area contributed by atoms with Gasteiger partial charge in [-0.25, -0.2) is 4.79 Å². The molecule has 15 heteroatoms. The molecule has 4 unspecified atom stereocenters. The van der Waals surface area contributed by atoms with Crippen LogP contribution in [0.4, 0.5) is 4.79 Å². The lowest BCUT2D eigenvalue weighted by Crippen LogP contribution is -2.61. The Morgan fingerprint density at radius 3 is 2.46 bits per heavy atom. The Kier molecular flexibility index (Phi) is 14.3. The van der Waals surface area contributed by atoms with Crippen molar-refractivity contribution in [1.29, 1.82) is 0 Å². The molecule has 0 radical (unpaired) electrons. The van der Waals surface area contributed by atoms with E-state index >= 15 is 0 Å². The molecule has 276 valence electrons. The predicted molar refractivity (Wildman–Crippen MR) is 178 cm³/mol. The van der Waals surface area contributed by atoms with Crippen LogP contribution >= 0.6 is 0 Å². The third kappa shape index (κ3) is 8.91. The van der Waals surface area contributed by atoms with Crippen molar-refractivity contribution in [3.63, 3.8) is 0 Å². The first-order valence-electron chi connectivity index (χ1n) is 17.5. The van der Waals surface area contributed by atoms with Crippen LogP contribution in [0.2, 0.25) is 0 Å². The number of nitrogens with two attached hydrogens (primary N) is 1. The molecule has 3 saturated heterocycles. The molecule has 0 spiro atoms. The summed E-state index contributed by atoms with van der Waals surface area (Å²) < 4.78 is 30.9. The van der Waals surface area contributed by atoms with Gasteiger partial charge in [0, 0.05) is 43.1 Å². The summed E-state index contributed by atoms with van der Waals surface area (Å²) in [7, 11) is 1.58. The van der Waals surface area contributed by atoms with Crippen LogP contribution in [-0.4, -0.2) is 120 Å². The number of ether oxygens (including phenoxy) is 5. The number of fused-ring (bicyclic) bond motifs is 1. The second-order valence-corrected chi connectivity index (χ2v) is 14.6. The molecule has 3 fully saturated rings. The molecule has 0 saturated carbocycles. The van der Waals surface area contributed by atoms with Gasteiger partial charge in [0.25, 0.3) is 0 Å². The number of methoxy groups -OCH3 is 1. The molecule has 14 atom stereocenters. The quantitative estimate of drug-likeness (QED) is 0.0910. The van der Waals surface area contributed by atoms with Crippen molar-refractivity contribution in [3.8, 4) is 0 Å². The van der Waals surface area contributed by atoms with Crippen molar-refractivity contribution in [2.45, 2.75) is 154 Å². The van der Waals surface area contributed by atoms with E-state index in [9.17, 15) is 19.8 Å². The monoisotopic (exact) mass is 684 g/mol. The summed E-state index contributed by atoms with van der Waals surface area (Å²) >= 11 is 0. The third-order valence-electron chi connectivity index (χ3n) is 10.7. The zero-order valence-electron chi connectivity index (χ0n) is 30.2. The zero-order chi connectivity index (χ0) is 36.0. The average Bonchev–Trinajstić information content (AvgIpc) is 3.30. The van der Waals surface area contributed by atoms with E-state index in [0.29, 0.717) is 51.7 Å². The summed E-state index contributed by atoms with van der Waals surface area (Å²) in [5.74, 6) is -2.31. The molecular weight excluding hydrogens is 624 g/mol. The Labute approximate surface area is 285 Å². The fraction of sp³-hybridized carbons (Fsp3) is 0.939. The minimum Gasteiger partial charge on any atom is -0.458 e. The SMILES string of the molecule is CC[C@H]1OC(=O)[C@H](C)C(O)[C@H](C)[C@@H](O[C@@H]2OC(C)CC(N)C2O)[C@](C)(OC)C[C@@H](C)CN[C@H](C)[C@H]2N(CCCCN=[N+]=[N-])C(=O)O[C@]12C. The molecule has 0 aromatic heterocycles. The molecule has 1 amide bonds. The van der Waals surface area contributed by atoms with Crippen LogP contribution in [0, 0.1) is 17.8 Å². The number of unbranched alkanes of at least 4 members (excludes halogenated alkanes) is 1. The molecule has 3 aliphatic rings. The lowest BCUT2D eigenvalue weighted by molar-refractivity contribution is -0.295. The average molecular weight is 685 g/mol. The molecule has 5 N–H and O–H groups in total. The highest BCUT2D eigenvalue weighted by Gasteiger charge is 2.58. The van der Waals surface area contributed by atoms with Crippen molar-refractivity contribution in [1.82, 2.24) is 10.2 Å². The summed E-state index contributed by atoms with van der Waals surface area (Å²) in [6.45, 7) is 16.1. The van der Waals surface area contributed by atoms with E-state index in [1.807, 2.05) is 27.7 Å². The van der Waals surface area contributed by atoms with E-state index in [-0.39, 0.29) is 18.1 Å². The van der Waals surface area contributed by atoms with Crippen molar-refractivity contribution in [3.05, 3.63) is 10.4 Å². The lowest BCUT2D eigenvalue weighted by atomic mass is 9.77. The normalized spacial score (nSPS) is 43.3. The van der Waals surface area contributed by atoms with Gasteiger partial charge < -0.3 is 44.9 Å². The third-order valence-corrected chi connectivity index (χ3v) is 10.7. The maximum absolute atomic E-state index is 13.8. The molecule has 48 heavy (non-hydrogen) atoms. The summed E-state index contributed by atoms with van der Waals surface area (Å²) in [4.78, 5) is 31.7. The van der Waals surface area contributed by atoms with Gasteiger partial charge in [-0.1, -0.05) is 25.9 Å². The summed E-state index contributed by atoms with van der Waals surface area (Å²) in [5.41, 5.74) is 12.7. The van der Waals surface area contributed by atoms with Crippen LogP contribution in [0.5, 0.6) is 0 Å². The van der Waals surface area contributed by atoms with E-state index < -0.39 is 77.9 Å². The van der Waals surface area contributed by atoms with E-state index in [4.69, 9.17) is 34.9 Å². The number of hydrogen-bond donors (Lipinski definition) is 4. The number of carbonyl (C=O) groups is 2. The number of aliphatic hydroxyl groups excluding tert-OH is 2. The molecule has 0 aromatic rings. The highest BCUT2D eigenvalue weighted by atomic mass is 16.7. The number of amides is 1. The van der Waals surface area contributed by atoms with E-state index in [1.54, 1.807) is 32.8 Å². The highest BCUT2D eigenvalue weighted by molar-refractivity contribution is 5.74. The van der Waals surface area contributed by atoms with E-state index in [0.717, 1.165) is 0 Å². The van der Waals surface area contributed by atoms with Gasteiger partial charge >= 0.3 is 12.1 Å². The Hall–Kier alpha value is -2.23. The van der Waals surface area contributed by atoms with Crippen LogP contribution in [0.15, 0.2) is 5.11 Å². The molecule has 0 bridgehead atoms. The number of esters is 1. The highest BCUT2D eigenvalue weighted by Crippen LogP contribution is 2.40. The lowest BCUT2D eigenvalue weighted by Gasteiger charge is -2.46. The predicted octanol–water partition coefficient (Wildman–Crippen LogP) is 3.24. The number of hydrogen-bond acceptors (Lipinski definition) is 12. The molecule has 0 aromatic carbocycles. The first-order chi connectivity index (χ1) is 22.5. The summed E-state index contributed by atoms with van der Waals surface area (Å²) in [6.07, 6.45) is -3.28. The smallest absolute Gasteiger partial charge is 0.410 e. The molecule has 3 aliphatic heterocycles. The second-order valence-electron chi connectivity index (χ2n) is 14.6. The van der Waals surface area contributed by atoms with Crippen molar-refractivity contribution in [2.24, 2.45) is 28.6 Å². The number of carbonyl (C=O) groups excluding carboxylic acids is 2. The summed E-state index contributed by atoms with van der Waals surface area (Å²) in [6, 6.07) is -1.34. The Morgan fingerprint density at radius 1 is 1.15 bits per heavy atom. The number of rotatable bonds is 9. The number of nitrogens with one attached hydrogen (secondary N) is 1. The van der Waals surface area contributed by atoms with E-state index in [1.165, 1.54) is 0 Å². The van der Waals surface area contributed by atoms with Crippen LogP contribution in [0.3, 0.4) is 0 Å². The Morgan fingerprint density at radius 2 is 1.83 bits per heavy atom. The number of aliphatic hydroxyl groups is 2. The maximum Gasteiger partial charge on any atom is 0.410 e. The van der Waals surface area contributed by atoms with Gasteiger partial charge in [0.05, 0.1) is 35.9 Å². The molecule has 3 rings (SSSR count). The van der Waals surface area contributed by atoms with Gasteiger partial charge in [0.1, 0.15) is 12.2 Å². The molecule has 0 aliphatic carbocycles. The summed E-state index contributed by atoms with van der Waals surface area (Å²) in [5, 5.41) is 29.9. The minimum absolute atomic E-state index is 0.00944. The topological polar surface area (TPSA) is 211 Å². The standard InChI is InChI=1S/C33H60N6O9/c1-10-24-33(8)27(39(31(43)48-33)14-12-11-13-37-38-35)22(6)36-17-18(2)16-32(7,44-9)28(20(4)25(40)21(5)29(42)46-24)47-30-26(41)23(34)15-19(3)45-30/h18-28,30,36,40-41H,10-17,34H2,1-9H3/t18-,19?,20+,21-,22-,23?,24-,25?,26?,27-,28-,30+,32-,33-/m1/s1. The fourth-order valence-corrected chi connectivity index (χ4v) is 7.87. The van der Waals surface area contributed by atoms with Gasteiger partial charge in [-0.15, -0.1) is 0 Å². The van der Waals surface area contributed by atoms with Gasteiger partial charge in [-0.3, -0.25) is 9.69 Å². The van der Waals surface area contributed by atoms with Crippen LogP contribution in [0.1, 0.15) is 87.5 Å². The molecule has 3 heterocycles. The second kappa shape index (κ2) is 17.1.